The van der Waals surface area contributed by atoms with E-state index in [0.717, 1.165) is 25.9 Å². The molecule has 1 aliphatic carbocycles. The van der Waals surface area contributed by atoms with Gasteiger partial charge in [-0.25, -0.2) is 0 Å². The number of aryl methyl sites for hydroxylation is 1. The van der Waals surface area contributed by atoms with Gasteiger partial charge in [-0.2, -0.15) is 0 Å². The number of hydrogen-bond donors (Lipinski definition) is 2. The van der Waals surface area contributed by atoms with Gasteiger partial charge in [0.15, 0.2) is 0 Å². The fraction of sp³-hybridized carbons (Fsp3) is 0.750. The molecule has 114 valence electrons. The maximum atomic E-state index is 5.95. The lowest BCUT2D eigenvalue weighted by molar-refractivity contribution is 0.0598. The third-order valence-corrected chi connectivity index (χ3v) is 5.91. The third-order valence-electron chi connectivity index (χ3n) is 4.97. The van der Waals surface area contributed by atoms with Gasteiger partial charge in [-0.1, -0.05) is 32.8 Å². The number of hydrazine groups is 1. The molecule has 0 amide bonds. The molecule has 1 heterocycles. The van der Waals surface area contributed by atoms with Gasteiger partial charge in [0.1, 0.15) is 0 Å². The highest BCUT2D eigenvalue weighted by Gasteiger charge is 2.44. The van der Waals surface area contributed by atoms with Gasteiger partial charge in [0.25, 0.3) is 0 Å². The van der Waals surface area contributed by atoms with Crippen LogP contribution in [0.25, 0.3) is 0 Å². The van der Waals surface area contributed by atoms with Crippen LogP contribution in [0, 0.1) is 0 Å². The fourth-order valence-electron chi connectivity index (χ4n) is 3.97. The van der Waals surface area contributed by atoms with E-state index in [0.29, 0.717) is 6.04 Å². The lowest BCUT2D eigenvalue weighted by atomic mass is 9.83. The summed E-state index contributed by atoms with van der Waals surface area (Å²) in [5, 5.41) is 2.16. The molecule has 3 nitrogen and oxygen atoms in total. The Morgan fingerprint density at radius 3 is 2.55 bits per heavy atom. The first-order valence-electron chi connectivity index (χ1n) is 8.00. The molecule has 1 aliphatic rings. The molecule has 3 N–H and O–H groups in total. The first kappa shape index (κ1) is 16.0. The highest BCUT2D eigenvalue weighted by Crippen LogP contribution is 2.39. The number of hydrogen-bond acceptors (Lipinski definition) is 4. The Bertz CT molecular complexity index is 367. The summed E-state index contributed by atoms with van der Waals surface area (Å²) in [5.74, 6) is 5.95. The predicted octanol–water partition coefficient (Wildman–Crippen LogP) is 3.17. The molecule has 1 aromatic rings. The number of nitrogens with one attached hydrogen (secondary N) is 1. The van der Waals surface area contributed by atoms with Crippen LogP contribution in [0.1, 0.15) is 50.8 Å². The Hall–Kier alpha value is -0.420. The van der Waals surface area contributed by atoms with E-state index >= 15 is 0 Å². The van der Waals surface area contributed by atoms with Gasteiger partial charge in [-0.05, 0) is 50.2 Å². The SMILES string of the molecule is CCN(CC)C1(C(CCc2cccs2)NN)CCCC1. The third kappa shape index (κ3) is 3.25. The summed E-state index contributed by atoms with van der Waals surface area (Å²) >= 11 is 1.85. The average molecular weight is 295 g/mol. The molecule has 0 aromatic carbocycles. The van der Waals surface area contributed by atoms with E-state index in [9.17, 15) is 0 Å². The highest BCUT2D eigenvalue weighted by molar-refractivity contribution is 7.09. The predicted molar refractivity (Wildman–Crippen MR) is 87.9 cm³/mol. The second-order valence-corrected chi connectivity index (χ2v) is 6.85. The van der Waals surface area contributed by atoms with Crippen molar-refractivity contribution in [1.29, 1.82) is 0 Å². The van der Waals surface area contributed by atoms with Crippen molar-refractivity contribution in [2.75, 3.05) is 13.1 Å². The fourth-order valence-corrected chi connectivity index (χ4v) is 4.70. The van der Waals surface area contributed by atoms with E-state index in [1.54, 1.807) is 0 Å². The Kier molecular flexibility index (Phi) is 6.02. The number of likely N-dealkylation sites (N-methyl/N-ethyl adjacent to an activating group) is 1. The number of nitrogens with zero attached hydrogens (tertiary/aromatic N) is 1. The number of nitrogens with two attached hydrogens (primary N) is 1. The molecular weight excluding hydrogens is 266 g/mol. The van der Waals surface area contributed by atoms with Crippen molar-refractivity contribution in [2.45, 2.75) is 64.0 Å². The van der Waals surface area contributed by atoms with Crippen LogP contribution in [0.2, 0.25) is 0 Å². The van der Waals surface area contributed by atoms with Crippen molar-refractivity contribution in [3.8, 4) is 0 Å². The van der Waals surface area contributed by atoms with E-state index in [1.165, 1.54) is 30.6 Å². The second kappa shape index (κ2) is 7.55. The Morgan fingerprint density at radius 2 is 2.05 bits per heavy atom. The molecule has 1 unspecified atom stereocenters. The molecule has 0 aliphatic heterocycles. The topological polar surface area (TPSA) is 41.3 Å². The molecule has 4 heteroatoms. The standard InChI is InChI=1S/C16H29N3S/c1-3-19(4-2)16(11-5-6-12-16)15(18-17)10-9-14-8-7-13-20-14/h7-8,13,15,18H,3-6,9-12,17H2,1-2H3. The van der Waals surface area contributed by atoms with Crippen LogP contribution in [0.3, 0.4) is 0 Å². The van der Waals surface area contributed by atoms with Crippen molar-refractivity contribution in [2.24, 2.45) is 5.84 Å². The molecule has 0 bridgehead atoms. The molecule has 2 rings (SSSR count). The van der Waals surface area contributed by atoms with Crippen LogP contribution < -0.4 is 11.3 Å². The maximum Gasteiger partial charge on any atom is 0.0398 e. The van der Waals surface area contributed by atoms with E-state index in [-0.39, 0.29) is 5.54 Å². The van der Waals surface area contributed by atoms with Crippen LogP contribution in [-0.4, -0.2) is 29.6 Å². The largest absolute Gasteiger partial charge is 0.297 e. The van der Waals surface area contributed by atoms with Crippen molar-refractivity contribution in [1.82, 2.24) is 10.3 Å². The lowest BCUT2D eigenvalue weighted by Crippen LogP contribution is -2.61. The molecular formula is C16H29N3S. The van der Waals surface area contributed by atoms with Crippen LogP contribution in [0.15, 0.2) is 17.5 Å². The van der Waals surface area contributed by atoms with Gasteiger partial charge in [0.2, 0.25) is 0 Å². The first-order valence-corrected chi connectivity index (χ1v) is 8.88. The van der Waals surface area contributed by atoms with Gasteiger partial charge >= 0.3 is 0 Å². The summed E-state index contributed by atoms with van der Waals surface area (Å²) in [6.07, 6.45) is 7.52. The van der Waals surface area contributed by atoms with Crippen molar-refractivity contribution in [3.05, 3.63) is 22.4 Å². The minimum atomic E-state index is 0.273. The van der Waals surface area contributed by atoms with Crippen LogP contribution in [-0.2, 0) is 6.42 Å². The summed E-state index contributed by atoms with van der Waals surface area (Å²) in [5.41, 5.74) is 3.43. The van der Waals surface area contributed by atoms with Gasteiger partial charge in [-0.3, -0.25) is 16.2 Å². The Morgan fingerprint density at radius 1 is 1.35 bits per heavy atom. The molecule has 0 radical (unpaired) electrons. The summed E-state index contributed by atoms with van der Waals surface area (Å²) in [6.45, 7) is 6.79. The van der Waals surface area contributed by atoms with E-state index < -0.39 is 0 Å². The van der Waals surface area contributed by atoms with Crippen LogP contribution in [0.4, 0.5) is 0 Å². The lowest BCUT2D eigenvalue weighted by Gasteiger charge is -2.46. The minimum absolute atomic E-state index is 0.273. The van der Waals surface area contributed by atoms with Gasteiger partial charge in [0.05, 0.1) is 0 Å². The van der Waals surface area contributed by atoms with Gasteiger partial charge in [-0.15, -0.1) is 11.3 Å². The molecule has 1 aromatic heterocycles. The first-order chi connectivity index (χ1) is 9.76. The smallest absolute Gasteiger partial charge is 0.0398 e. The van der Waals surface area contributed by atoms with Crippen molar-refractivity contribution >= 4 is 11.3 Å². The summed E-state index contributed by atoms with van der Waals surface area (Å²) < 4.78 is 0. The molecule has 1 atom stereocenters. The van der Waals surface area contributed by atoms with E-state index in [4.69, 9.17) is 5.84 Å². The zero-order chi connectivity index (χ0) is 14.4. The Balaban J connectivity index is 2.08. The molecule has 1 saturated carbocycles. The highest BCUT2D eigenvalue weighted by atomic mass is 32.1. The Labute approximate surface area is 127 Å². The zero-order valence-electron chi connectivity index (χ0n) is 12.9. The summed E-state index contributed by atoms with van der Waals surface area (Å²) in [6, 6.07) is 4.77. The van der Waals surface area contributed by atoms with E-state index in [1.807, 2.05) is 11.3 Å². The van der Waals surface area contributed by atoms with Crippen LogP contribution >= 0.6 is 11.3 Å². The van der Waals surface area contributed by atoms with Crippen molar-refractivity contribution < 1.29 is 0 Å². The van der Waals surface area contributed by atoms with Crippen molar-refractivity contribution in [3.63, 3.8) is 0 Å². The quantitative estimate of drug-likeness (QED) is 0.572. The van der Waals surface area contributed by atoms with Gasteiger partial charge in [0, 0.05) is 16.5 Å². The second-order valence-electron chi connectivity index (χ2n) is 5.82. The van der Waals surface area contributed by atoms with Gasteiger partial charge < -0.3 is 0 Å². The monoisotopic (exact) mass is 295 g/mol. The maximum absolute atomic E-state index is 5.95. The summed E-state index contributed by atoms with van der Waals surface area (Å²) in [7, 11) is 0. The normalized spacial score (nSPS) is 19.6. The number of thiophene rings is 1. The van der Waals surface area contributed by atoms with Crippen LogP contribution in [0.5, 0.6) is 0 Å². The van der Waals surface area contributed by atoms with E-state index in [2.05, 4.69) is 41.7 Å². The average Bonchev–Trinajstić information content (AvgIpc) is 3.13. The number of rotatable bonds is 8. The summed E-state index contributed by atoms with van der Waals surface area (Å²) in [4.78, 5) is 4.11. The minimum Gasteiger partial charge on any atom is -0.297 e. The molecule has 20 heavy (non-hydrogen) atoms. The molecule has 0 spiro atoms. The molecule has 1 fully saturated rings. The zero-order valence-corrected chi connectivity index (χ0v) is 13.7. The molecule has 0 saturated heterocycles.